The zero-order valence-electron chi connectivity index (χ0n) is 6.67. The molecule has 0 aliphatic carbocycles. The number of hydrogen-bond donors (Lipinski definition) is 1. The molecule has 0 radical (unpaired) electrons. The monoisotopic (exact) mass is 189 g/mol. The van der Waals surface area contributed by atoms with E-state index in [1.54, 1.807) is 11.3 Å². The van der Waals surface area contributed by atoms with Gasteiger partial charge in [-0.3, -0.25) is 0 Å². The van der Waals surface area contributed by atoms with Crippen LogP contribution in [0.5, 0.6) is 0 Å². The van der Waals surface area contributed by atoms with Gasteiger partial charge in [-0.25, -0.2) is 0 Å². The van der Waals surface area contributed by atoms with Crippen LogP contribution in [0, 0.1) is 5.92 Å². The van der Waals surface area contributed by atoms with Crippen LogP contribution in [0.4, 0.5) is 0 Å². The summed E-state index contributed by atoms with van der Waals surface area (Å²) in [6, 6.07) is 4.02. The van der Waals surface area contributed by atoms with Crippen LogP contribution in [0.3, 0.4) is 0 Å². The van der Waals surface area contributed by atoms with E-state index in [2.05, 4.69) is 13.8 Å². The van der Waals surface area contributed by atoms with Crippen molar-refractivity contribution in [2.45, 2.75) is 19.9 Å². The molecule has 0 aromatic carbocycles. The second kappa shape index (κ2) is 3.57. The van der Waals surface area contributed by atoms with Crippen molar-refractivity contribution in [3.8, 4) is 0 Å². The molecule has 0 aliphatic heterocycles. The van der Waals surface area contributed by atoms with E-state index in [1.807, 2.05) is 12.1 Å². The molecule has 0 unspecified atom stereocenters. The first-order chi connectivity index (χ1) is 5.11. The highest BCUT2D eigenvalue weighted by atomic mass is 35.5. The first kappa shape index (κ1) is 9.04. The maximum absolute atomic E-state index is 5.90. The summed E-state index contributed by atoms with van der Waals surface area (Å²) in [5, 5.41) is 0. The van der Waals surface area contributed by atoms with E-state index in [9.17, 15) is 0 Å². The number of rotatable bonds is 2. The fraction of sp³-hybridized carbons (Fsp3) is 0.500. The van der Waals surface area contributed by atoms with Crippen molar-refractivity contribution in [3.63, 3.8) is 0 Å². The summed E-state index contributed by atoms with van der Waals surface area (Å²) >= 11 is 7.34. The number of halogens is 1. The molecule has 1 heterocycles. The van der Waals surface area contributed by atoms with Crippen molar-refractivity contribution in [1.29, 1.82) is 0 Å². The molecule has 1 rings (SSSR count). The SMILES string of the molecule is CC(C)[C@@H](N)c1ccc(Cl)s1. The van der Waals surface area contributed by atoms with Gasteiger partial charge in [0.2, 0.25) is 0 Å². The first-order valence-corrected chi connectivity index (χ1v) is 4.81. The molecule has 1 atom stereocenters. The molecule has 0 bridgehead atoms. The zero-order chi connectivity index (χ0) is 8.43. The minimum atomic E-state index is 0.132. The van der Waals surface area contributed by atoms with Gasteiger partial charge in [-0.2, -0.15) is 0 Å². The van der Waals surface area contributed by atoms with E-state index >= 15 is 0 Å². The molecule has 0 amide bonds. The van der Waals surface area contributed by atoms with E-state index in [1.165, 1.54) is 4.88 Å². The Labute approximate surface area is 76.2 Å². The minimum Gasteiger partial charge on any atom is -0.323 e. The largest absolute Gasteiger partial charge is 0.323 e. The molecule has 1 aromatic rings. The Morgan fingerprint density at radius 3 is 2.45 bits per heavy atom. The van der Waals surface area contributed by atoms with Gasteiger partial charge in [0.25, 0.3) is 0 Å². The smallest absolute Gasteiger partial charge is 0.0931 e. The minimum absolute atomic E-state index is 0.132. The highest BCUT2D eigenvalue weighted by molar-refractivity contribution is 7.16. The topological polar surface area (TPSA) is 26.0 Å². The van der Waals surface area contributed by atoms with Gasteiger partial charge in [0, 0.05) is 10.9 Å². The molecule has 0 saturated carbocycles. The second-order valence-electron chi connectivity index (χ2n) is 2.91. The predicted molar refractivity (Wildman–Crippen MR) is 51.1 cm³/mol. The fourth-order valence-electron chi connectivity index (χ4n) is 0.836. The lowest BCUT2D eigenvalue weighted by Crippen LogP contribution is -2.14. The Hall–Kier alpha value is -0.0500. The van der Waals surface area contributed by atoms with Crippen LogP contribution in [-0.2, 0) is 0 Å². The Morgan fingerprint density at radius 1 is 1.45 bits per heavy atom. The highest BCUT2D eigenvalue weighted by Crippen LogP contribution is 2.28. The van der Waals surface area contributed by atoms with Crippen LogP contribution in [-0.4, -0.2) is 0 Å². The normalized spacial score (nSPS) is 13.9. The Morgan fingerprint density at radius 2 is 2.09 bits per heavy atom. The predicted octanol–water partition coefficient (Wildman–Crippen LogP) is 3.06. The van der Waals surface area contributed by atoms with Gasteiger partial charge in [0.1, 0.15) is 0 Å². The quantitative estimate of drug-likeness (QED) is 0.761. The summed E-state index contributed by atoms with van der Waals surface area (Å²) in [6.07, 6.45) is 0. The fourth-order valence-corrected chi connectivity index (χ4v) is 2.07. The highest BCUT2D eigenvalue weighted by Gasteiger charge is 2.11. The standard InChI is InChI=1S/C8H12ClNS/c1-5(2)8(10)6-3-4-7(9)11-6/h3-5,8H,10H2,1-2H3/t8-/m1/s1. The number of thiophene rings is 1. The van der Waals surface area contributed by atoms with Gasteiger partial charge in [-0.05, 0) is 18.1 Å². The molecule has 0 fully saturated rings. The van der Waals surface area contributed by atoms with Crippen LogP contribution < -0.4 is 5.73 Å². The van der Waals surface area contributed by atoms with Gasteiger partial charge in [-0.15, -0.1) is 11.3 Å². The van der Waals surface area contributed by atoms with Crippen molar-refractivity contribution in [3.05, 3.63) is 21.3 Å². The third-order valence-corrected chi connectivity index (χ3v) is 2.97. The van der Waals surface area contributed by atoms with E-state index in [4.69, 9.17) is 17.3 Å². The molecule has 11 heavy (non-hydrogen) atoms. The van der Waals surface area contributed by atoms with Gasteiger partial charge in [-0.1, -0.05) is 25.4 Å². The average Bonchev–Trinajstić information content (AvgIpc) is 2.34. The van der Waals surface area contributed by atoms with Crippen LogP contribution in [0.15, 0.2) is 12.1 Å². The molecule has 3 heteroatoms. The van der Waals surface area contributed by atoms with Crippen molar-refractivity contribution in [2.24, 2.45) is 11.7 Å². The van der Waals surface area contributed by atoms with Crippen LogP contribution in [0.1, 0.15) is 24.8 Å². The van der Waals surface area contributed by atoms with Gasteiger partial charge < -0.3 is 5.73 Å². The third kappa shape index (κ3) is 2.19. The molecule has 0 spiro atoms. The third-order valence-electron chi connectivity index (χ3n) is 1.64. The second-order valence-corrected chi connectivity index (χ2v) is 4.66. The van der Waals surface area contributed by atoms with Crippen LogP contribution in [0.25, 0.3) is 0 Å². The summed E-state index contributed by atoms with van der Waals surface area (Å²) in [5.74, 6) is 0.477. The lowest BCUT2D eigenvalue weighted by Gasteiger charge is -2.12. The maximum Gasteiger partial charge on any atom is 0.0931 e. The molecule has 0 saturated heterocycles. The van der Waals surface area contributed by atoms with E-state index < -0.39 is 0 Å². The maximum atomic E-state index is 5.90. The van der Waals surface area contributed by atoms with Crippen molar-refractivity contribution in [2.75, 3.05) is 0 Å². The van der Waals surface area contributed by atoms with Gasteiger partial charge >= 0.3 is 0 Å². The Kier molecular flexibility index (Phi) is 2.93. The lowest BCUT2D eigenvalue weighted by molar-refractivity contribution is 0.521. The molecule has 2 N–H and O–H groups in total. The first-order valence-electron chi connectivity index (χ1n) is 3.62. The van der Waals surface area contributed by atoms with E-state index in [0.29, 0.717) is 5.92 Å². The van der Waals surface area contributed by atoms with Crippen molar-refractivity contribution in [1.82, 2.24) is 0 Å². The molecule has 1 aromatic heterocycles. The summed E-state index contributed by atoms with van der Waals surface area (Å²) in [6.45, 7) is 4.22. The molecule has 62 valence electrons. The number of nitrogens with two attached hydrogens (primary N) is 1. The molecule has 1 nitrogen and oxygen atoms in total. The van der Waals surface area contributed by atoms with Gasteiger partial charge in [0.05, 0.1) is 4.34 Å². The van der Waals surface area contributed by atoms with Crippen LogP contribution >= 0.6 is 22.9 Å². The Bertz CT molecular complexity index is 232. The summed E-state index contributed by atoms with van der Waals surface area (Å²) in [4.78, 5) is 1.17. The van der Waals surface area contributed by atoms with Gasteiger partial charge in [0.15, 0.2) is 0 Å². The molecular weight excluding hydrogens is 178 g/mol. The van der Waals surface area contributed by atoms with Crippen LogP contribution in [0.2, 0.25) is 4.34 Å². The summed E-state index contributed by atoms with van der Waals surface area (Å²) < 4.78 is 0.816. The lowest BCUT2D eigenvalue weighted by atomic mass is 10.0. The zero-order valence-corrected chi connectivity index (χ0v) is 8.25. The Balaban J connectivity index is 2.76. The molecule has 0 aliphatic rings. The van der Waals surface area contributed by atoms with Crippen molar-refractivity contribution >= 4 is 22.9 Å². The summed E-state index contributed by atoms with van der Waals surface area (Å²) in [5.41, 5.74) is 5.90. The van der Waals surface area contributed by atoms with Crippen molar-refractivity contribution < 1.29 is 0 Å². The average molecular weight is 190 g/mol. The number of hydrogen-bond acceptors (Lipinski definition) is 2. The van der Waals surface area contributed by atoms with E-state index in [-0.39, 0.29) is 6.04 Å². The molecular formula is C8H12ClNS. The van der Waals surface area contributed by atoms with E-state index in [0.717, 1.165) is 4.34 Å². The summed E-state index contributed by atoms with van der Waals surface area (Å²) in [7, 11) is 0.